The first kappa shape index (κ1) is 15.0. The number of non-ortho nitro benzene ring substituents is 1. The second kappa shape index (κ2) is 7.38. The predicted molar refractivity (Wildman–Crippen MR) is 76.1 cm³/mol. The third-order valence-electron chi connectivity index (χ3n) is 2.46. The van der Waals surface area contributed by atoms with Gasteiger partial charge in [0.2, 0.25) is 0 Å². The fourth-order valence-corrected chi connectivity index (χ4v) is 2.32. The SMILES string of the molecule is CC(CNC(C)C)CSc1ccc([N+](=O)[O-])cc1. The van der Waals surface area contributed by atoms with E-state index >= 15 is 0 Å². The zero-order valence-electron chi connectivity index (χ0n) is 11.1. The van der Waals surface area contributed by atoms with Gasteiger partial charge in [0.25, 0.3) is 5.69 Å². The molecule has 4 nitrogen and oxygen atoms in total. The van der Waals surface area contributed by atoms with Crippen LogP contribution in [0.2, 0.25) is 0 Å². The molecule has 0 aliphatic carbocycles. The maximum absolute atomic E-state index is 10.5. The van der Waals surface area contributed by atoms with Crippen molar-refractivity contribution in [3.05, 3.63) is 34.4 Å². The standard InChI is InChI=1S/C13H20N2O2S/c1-10(2)14-8-11(3)9-18-13-6-4-12(5-7-13)15(16)17/h4-7,10-11,14H,8-9H2,1-3H3. The molecule has 0 fully saturated rings. The second-order valence-electron chi connectivity index (χ2n) is 4.73. The summed E-state index contributed by atoms with van der Waals surface area (Å²) in [5.41, 5.74) is 0.147. The monoisotopic (exact) mass is 268 g/mol. The van der Waals surface area contributed by atoms with E-state index < -0.39 is 0 Å². The largest absolute Gasteiger partial charge is 0.314 e. The van der Waals surface area contributed by atoms with Crippen LogP contribution in [0.3, 0.4) is 0 Å². The molecule has 0 amide bonds. The molecule has 1 rings (SSSR count). The summed E-state index contributed by atoms with van der Waals surface area (Å²) in [7, 11) is 0. The lowest BCUT2D eigenvalue weighted by molar-refractivity contribution is -0.384. The molecule has 0 bridgehead atoms. The third-order valence-corrected chi connectivity index (χ3v) is 3.80. The lowest BCUT2D eigenvalue weighted by Crippen LogP contribution is -2.28. The van der Waals surface area contributed by atoms with E-state index in [9.17, 15) is 10.1 Å². The minimum absolute atomic E-state index is 0.147. The number of nitrogens with zero attached hydrogens (tertiary/aromatic N) is 1. The van der Waals surface area contributed by atoms with E-state index in [-0.39, 0.29) is 10.6 Å². The number of benzene rings is 1. The van der Waals surface area contributed by atoms with Crippen molar-refractivity contribution >= 4 is 17.4 Å². The van der Waals surface area contributed by atoms with Crippen LogP contribution in [-0.2, 0) is 0 Å². The fourth-order valence-electron chi connectivity index (χ4n) is 1.40. The van der Waals surface area contributed by atoms with Crippen LogP contribution < -0.4 is 5.32 Å². The molecule has 0 spiro atoms. The highest BCUT2D eigenvalue weighted by Crippen LogP contribution is 2.23. The summed E-state index contributed by atoms with van der Waals surface area (Å²) in [6, 6.07) is 7.24. The third kappa shape index (κ3) is 5.51. The molecule has 0 saturated heterocycles. The summed E-state index contributed by atoms with van der Waals surface area (Å²) in [5.74, 6) is 1.59. The first-order valence-corrected chi connectivity index (χ1v) is 7.08. The highest BCUT2D eigenvalue weighted by Gasteiger charge is 2.06. The van der Waals surface area contributed by atoms with Gasteiger partial charge in [-0.1, -0.05) is 20.8 Å². The molecule has 5 heteroatoms. The van der Waals surface area contributed by atoms with Crippen LogP contribution >= 0.6 is 11.8 Å². The first-order valence-electron chi connectivity index (χ1n) is 6.09. The van der Waals surface area contributed by atoms with Crippen LogP contribution in [0.25, 0.3) is 0 Å². The van der Waals surface area contributed by atoms with Gasteiger partial charge in [-0.2, -0.15) is 0 Å². The highest BCUT2D eigenvalue weighted by atomic mass is 32.2. The molecule has 0 aliphatic rings. The zero-order chi connectivity index (χ0) is 13.5. The Morgan fingerprint density at radius 1 is 1.28 bits per heavy atom. The van der Waals surface area contributed by atoms with Crippen molar-refractivity contribution in [2.45, 2.75) is 31.7 Å². The Balaban J connectivity index is 2.36. The highest BCUT2D eigenvalue weighted by molar-refractivity contribution is 7.99. The van der Waals surface area contributed by atoms with Crippen molar-refractivity contribution < 1.29 is 4.92 Å². The molecule has 0 radical (unpaired) electrons. The number of nitro groups is 1. The van der Waals surface area contributed by atoms with Crippen LogP contribution in [0.1, 0.15) is 20.8 Å². The summed E-state index contributed by atoms with van der Waals surface area (Å²) in [6.07, 6.45) is 0. The van der Waals surface area contributed by atoms with E-state index in [1.807, 2.05) is 12.1 Å². The smallest absolute Gasteiger partial charge is 0.269 e. The Bertz CT molecular complexity index is 379. The number of hydrogen-bond donors (Lipinski definition) is 1. The molecule has 0 aromatic heterocycles. The Kier molecular flexibility index (Phi) is 6.15. The molecule has 1 unspecified atom stereocenters. The van der Waals surface area contributed by atoms with Crippen LogP contribution in [0.5, 0.6) is 0 Å². The van der Waals surface area contributed by atoms with Crippen LogP contribution in [-0.4, -0.2) is 23.3 Å². The molecule has 100 valence electrons. The van der Waals surface area contributed by atoms with Crippen LogP contribution in [0.15, 0.2) is 29.2 Å². The minimum Gasteiger partial charge on any atom is -0.314 e. The molecule has 18 heavy (non-hydrogen) atoms. The Labute approximate surface area is 112 Å². The summed E-state index contributed by atoms with van der Waals surface area (Å²) in [4.78, 5) is 11.2. The Hall–Kier alpha value is -1.07. The maximum Gasteiger partial charge on any atom is 0.269 e. The predicted octanol–water partition coefficient (Wildman–Crippen LogP) is 3.32. The number of nitro benzene ring substituents is 1. The molecule has 0 heterocycles. The van der Waals surface area contributed by atoms with Gasteiger partial charge in [-0.15, -0.1) is 11.8 Å². The van der Waals surface area contributed by atoms with Crippen molar-refractivity contribution in [2.75, 3.05) is 12.3 Å². The van der Waals surface area contributed by atoms with Gasteiger partial charge in [0, 0.05) is 28.8 Å². The van der Waals surface area contributed by atoms with Gasteiger partial charge in [0.1, 0.15) is 0 Å². The van der Waals surface area contributed by atoms with E-state index in [1.54, 1.807) is 23.9 Å². The van der Waals surface area contributed by atoms with Crippen LogP contribution in [0, 0.1) is 16.0 Å². The first-order chi connectivity index (χ1) is 8.49. The number of thioether (sulfide) groups is 1. The van der Waals surface area contributed by atoms with E-state index in [4.69, 9.17) is 0 Å². The van der Waals surface area contributed by atoms with Crippen LogP contribution in [0.4, 0.5) is 5.69 Å². The number of hydrogen-bond acceptors (Lipinski definition) is 4. The summed E-state index contributed by atoms with van der Waals surface area (Å²) >= 11 is 1.74. The maximum atomic E-state index is 10.5. The van der Waals surface area contributed by atoms with Crippen molar-refractivity contribution in [1.82, 2.24) is 5.32 Å². The lowest BCUT2D eigenvalue weighted by atomic mass is 10.2. The summed E-state index contributed by atoms with van der Waals surface area (Å²) in [5, 5.41) is 13.9. The van der Waals surface area contributed by atoms with Crippen molar-refractivity contribution in [3.63, 3.8) is 0 Å². The Morgan fingerprint density at radius 2 is 1.89 bits per heavy atom. The van der Waals surface area contributed by atoms with E-state index in [1.165, 1.54) is 0 Å². The average Bonchev–Trinajstić information content (AvgIpc) is 2.34. The van der Waals surface area contributed by atoms with E-state index in [0.29, 0.717) is 12.0 Å². The molecular formula is C13H20N2O2S. The zero-order valence-corrected chi connectivity index (χ0v) is 11.9. The number of nitrogens with one attached hydrogen (secondary N) is 1. The van der Waals surface area contributed by atoms with Crippen molar-refractivity contribution in [2.24, 2.45) is 5.92 Å². The molecule has 0 aliphatic heterocycles. The molecule has 1 aromatic rings. The summed E-state index contributed by atoms with van der Waals surface area (Å²) < 4.78 is 0. The van der Waals surface area contributed by atoms with Crippen molar-refractivity contribution in [3.8, 4) is 0 Å². The van der Waals surface area contributed by atoms with Gasteiger partial charge in [-0.05, 0) is 24.6 Å². The molecule has 1 N–H and O–H groups in total. The molecule has 1 aromatic carbocycles. The van der Waals surface area contributed by atoms with Crippen molar-refractivity contribution in [1.29, 1.82) is 0 Å². The normalized spacial score (nSPS) is 12.7. The van der Waals surface area contributed by atoms with Gasteiger partial charge in [-0.25, -0.2) is 0 Å². The van der Waals surface area contributed by atoms with Gasteiger partial charge in [-0.3, -0.25) is 10.1 Å². The quantitative estimate of drug-likeness (QED) is 0.468. The Morgan fingerprint density at radius 3 is 2.39 bits per heavy atom. The minimum atomic E-state index is -0.371. The van der Waals surface area contributed by atoms with Gasteiger partial charge >= 0.3 is 0 Å². The van der Waals surface area contributed by atoms with Gasteiger partial charge < -0.3 is 5.32 Å². The second-order valence-corrected chi connectivity index (χ2v) is 5.82. The fraction of sp³-hybridized carbons (Fsp3) is 0.538. The molecule has 1 atom stereocenters. The van der Waals surface area contributed by atoms with Gasteiger partial charge in [0.05, 0.1) is 4.92 Å². The van der Waals surface area contributed by atoms with E-state index in [2.05, 4.69) is 26.1 Å². The van der Waals surface area contributed by atoms with E-state index in [0.717, 1.165) is 17.2 Å². The average molecular weight is 268 g/mol. The lowest BCUT2D eigenvalue weighted by Gasteiger charge is -2.14. The summed E-state index contributed by atoms with van der Waals surface area (Å²) in [6.45, 7) is 7.47. The van der Waals surface area contributed by atoms with Gasteiger partial charge in [0.15, 0.2) is 0 Å². The molecular weight excluding hydrogens is 248 g/mol. The topological polar surface area (TPSA) is 55.2 Å². The molecule has 0 saturated carbocycles. The number of rotatable bonds is 7.